The summed E-state index contributed by atoms with van der Waals surface area (Å²) >= 11 is 0. The van der Waals surface area contributed by atoms with Crippen molar-refractivity contribution in [3.63, 3.8) is 0 Å². The minimum Gasteiger partial charge on any atom is -0.481 e. The van der Waals surface area contributed by atoms with E-state index in [2.05, 4.69) is 5.32 Å². The molecule has 0 aromatic heterocycles. The van der Waals surface area contributed by atoms with Gasteiger partial charge in [-0.3, -0.25) is 14.4 Å². The number of carboxylic acid groups (broad SMARTS) is 1. The molecular weight excluding hydrogens is 212 g/mol. The van der Waals surface area contributed by atoms with E-state index in [-0.39, 0.29) is 24.7 Å². The number of carboxylic acids is 1. The van der Waals surface area contributed by atoms with Crippen LogP contribution in [0.4, 0.5) is 0 Å². The van der Waals surface area contributed by atoms with Crippen molar-refractivity contribution in [2.45, 2.75) is 32.2 Å². The van der Waals surface area contributed by atoms with Crippen LogP contribution in [0.3, 0.4) is 0 Å². The van der Waals surface area contributed by atoms with Crippen LogP contribution >= 0.6 is 0 Å². The van der Waals surface area contributed by atoms with Crippen molar-refractivity contribution >= 4 is 17.8 Å². The molecule has 2 N–H and O–H groups in total. The van der Waals surface area contributed by atoms with E-state index in [1.54, 1.807) is 0 Å². The first kappa shape index (κ1) is 12.5. The summed E-state index contributed by atoms with van der Waals surface area (Å²) in [4.78, 5) is 35.0. The second kappa shape index (κ2) is 5.48. The average molecular weight is 228 g/mol. The number of rotatable bonds is 4. The Kier molecular flexibility index (Phi) is 4.28. The first-order chi connectivity index (χ1) is 7.56. The Morgan fingerprint density at radius 1 is 1.50 bits per heavy atom. The second-order valence-corrected chi connectivity index (χ2v) is 3.70. The lowest BCUT2D eigenvalue weighted by Crippen LogP contribution is -2.56. The molecule has 0 aromatic carbocycles. The van der Waals surface area contributed by atoms with Gasteiger partial charge in [-0.1, -0.05) is 6.92 Å². The molecule has 0 aromatic rings. The zero-order valence-electron chi connectivity index (χ0n) is 9.23. The summed E-state index contributed by atoms with van der Waals surface area (Å²) in [5.74, 6) is -1.41. The van der Waals surface area contributed by atoms with Gasteiger partial charge in [0.15, 0.2) is 0 Å². The van der Waals surface area contributed by atoms with Gasteiger partial charge in [-0.05, 0) is 6.42 Å². The molecule has 1 saturated heterocycles. The largest absolute Gasteiger partial charge is 0.481 e. The summed E-state index contributed by atoms with van der Waals surface area (Å²) in [7, 11) is 0. The van der Waals surface area contributed by atoms with Crippen molar-refractivity contribution in [3.05, 3.63) is 0 Å². The molecule has 0 radical (unpaired) electrons. The van der Waals surface area contributed by atoms with Crippen LogP contribution in [0.1, 0.15) is 26.2 Å². The molecule has 2 amide bonds. The maximum Gasteiger partial charge on any atom is 0.303 e. The fourth-order valence-corrected chi connectivity index (χ4v) is 1.78. The van der Waals surface area contributed by atoms with E-state index < -0.39 is 12.0 Å². The van der Waals surface area contributed by atoms with Crippen molar-refractivity contribution in [1.82, 2.24) is 10.2 Å². The van der Waals surface area contributed by atoms with Crippen LogP contribution in [-0.4, -0.2) is 46.9 Å². The van der Waals surface area contributed by atoms with Crippen LogP contribution in [0.15, 0.2) is 0 Å². The number of aliphatic carboxylic acids is 1. The summed E-state index contributed by atoms with van der Waals surface area (Å²) in [6.07, 6.45) is 0.317. The number of piperazine rings is 1. The number of carbonyl (C=O) groups excluding carboxylic acids is 2. The quantitative estimate of drug-likeness (QED) is 0.684. The summed E-state index contributed by atoms with van der Waals surface area (Å²) in [5.41, 5.74) is 0. The summed E-state index contributed by atoms with van der Waals surface area (Å²) < 4.78 is 0. The topological polar surface area (TPSA) is 86.7 Å². The van der Waals surface area contributed by atoms with Gasteiger partial charge in [0.2, 0.25) is 11.8 Å². The minimum atomic E-state index is -0.997. The summed E-state index contributed by atoms with van der Waals surface area (Å²) in [6, 6.07) is -0.449. The van der Waals surface area contributed by atoms with E-state index >= 15 is 0 Å². The Morgan fingerprint density at radius 3 is 2.75 bits per heavy atom. The van der Waals surface area contributed by atoms with Crippen molar-refractivity contribution in [1.29, 1.82) is 0 Å². The lowest BCUT2D eigenvalue weighted by Gasteiger charge is -2.34. The molecule has 0 aliphatic carbocycles. The fourth-order valence-electron chi connectivity index (χ4n) is 1.78. The highest BCUT2D eigenvalue weighted by atomic mass is 16.4. The third-order valence-corrected chi connectivity index (χ3v) is 2.59. The van der Waals surface area contributed by atoms with Crippen molar-refractivity contribution in [3.8, 4) is 0 Å². The van der Waals surface area contributed by atoms with Crippen LogP contribution in [0.5, 0.6) is 0 Å². The first-order valence-electron chi connectivity index (χ1n) is 5.35. The minimum absolute atomic E-state index is 0.0425. The maximum absolute atomic E-state index is 11.7. The highest BCUT2D eigenvalue weighted by molar-refractivity contribution is 5.89. The second-order valence-electron chi connectivity index (χ2n) is 3.70. The molecule has 1 atom stereocenters. The predicted molar refractivity (Wildman–Crippen MR) is 55.7 cm³/mol. The van der Waals surface area contributed by atoms with E-state index in [1.165, 1.54) is 4.90 Å². The zero-order valence-corrected chi connectivity index (χ0v) is 9.23. The normalized spacial score (nSPS) is 20.4. The standard InChI is InChI=1S/C10H16N2O4/c1-2-7-10(16)11-5-6-12(7)8(13)3-4-9(14)15/h7H,2-6H2,1H3,(H,11,16)(H,14,15). The lowest BCUT2D eigenvalue weighted by molar-refractivity contribution is -0.145. The molecule has 0 bridgehead atoms. The van der Waals surface area contributed by atoms with Crippen molar-refractivity contribution in [2.75, 3.05) is 13.1 Å². The maximum atomic E-state index is 11.7. The highest BCUT2D eigenvalue weighted by Crippen LogP contribution is 2.10. The number of nitrogens with one attached hydrogen (secondary N) is 1. The Hall–Kier alpha value is -1.59. The van der Waals surface area contributed by atoms with Gasteiger partial charge in [-0.2, -0.15) is 0 Å². The van der Waals surface area contributed by atoms with Crippen molar-refractivity contribution < 1.29 is 19.5 Å². The molecule has 6 heteroatoms. The van der Waals surface area contributed by atoms with Gasteiger partial charge in [0.1, 0.15) is 6.04 Å². The zero-order chi connectivity index (χ0) is 12.1. The van der Waals surface area contributed by atoms with Crippen LogP contribution in [-0.2, 0) is 14.4 Å². The van der Waals surface area contributed by atoms with E-state index in [0.29, 0.717) is 19.5 Å². The molecule has 1 heterocycles. The molecular formula is C10H16N2O4. The SMILES string of the molecule is CCC1C(=O)NCCN1C(=O)CCC(=O)O. The summed E-state index contributed by atoms with van der Waals surface area (Å²) in [5, 5.41) is 11.2. The number of carbonyl (C=O) groups is 3. The Bertz CT molecular complexity index is 303. The molecule has 6 nitrogen and oxygen atoms in total. The van der Waals surface area contributed by atoms with E-state index in [4.69, 9.17) is 5.11 Å². The van der Waals surface area contributed by atoms with Crippen LogP contribution in [0.2, 0.25) is 0 Å². The monoisotopic (exact) mass is 228 g/mol. The number of hydrogen-bond donors (Lipinski definition) is 2. The molecule has 1 fully saturated rings. The molecule has 1 aliphatic rings. The van der Waals surface area contributed by atoms with Gasteiger partial charge in [-0.25, -0.2) is 0 Å². The highest BCUT2D eigenvalue weighted by Gasteiger charge is 2.31. The molecule has 0 spiro atoms. The lowest BCUT2D eigenvalue weighted by atomic mass is 10.1. The van der Waals surface area contributed by atoms with Crippen LogP contribution < -0.4 is 5.32 Å². The van der Waals surface area contributed by atoms with Gasteiger partial charge < -0.3 is 15.3 Å². The molecule has 1 unspecified atom stereocenters. The van der Waals surface area contributed by atoms with Gasteiger partial charge in [0, 0.05) is 19.5 Å². The average Bonchev–Trinajstić information content (AvgIpc) is 2.25. The molecule has 1 rings (SSSR count). The van der Waals surface area contributed by atoms with E-state index in [0.717, 1.165) is 0 Å². The van der Waals surface area contributed by atoms with E-state index in [1.807, 2.05) is 6.92 Å². The van der Waals surface area contributed by atoms with Gasteiger partial charge in [0.05, 0.1) is 6.42 Å². The predicted octanol–water partition coefficient (Wildman–Crippen LogP) is -0.412. The van der Waals surface area contributed by atoms with Crippen LogP contribution in [0.25, 0.3) is 0 Å². The van der Waals surface area contributed by atoms with Gasteiger partial charge in [-0.15, -0.1) is 0 Å². The van der Waals surface area contributed by atoms with E-state index in [9.17, 15) is 14.4 Å². The Balaban J connectivity index is 2.58. The molecule has 16 heavy (non-hydrogen) atoms. The molecule has 90 valence electrons. The number of nitrogens with zero attached hydrogens (tertiary/aromatic N) is 1. The van der Waals surface area contributed by atoms with Gasteiger partial charge in [0.25, 0.3) is 0 Å². The molecule has 1 aliphatic heterocycles. The summed E-state index contributed by atoms with van der Waals surface area (Å²) in [6.45, 7) is 2.73. The molecule has 0 saturated carbocycles. The smallest absolute Gasteiger partial charge is 0.303 e. The fraction of sp³-hybridized carbons (Fsp3) is 0.700. The Morgan fingerprint density at radius 2 is 2.19 bits per heavy atom. The Labute approximate surface area is 93.6 Å². The first-order valence-corrected chi connectivity index (χ1v) is 5.35. The van der Waals surface area contributed by atoms with Crippen LogP contribution in [0, 0.1) is 0 Å². The third-order valence-electron chi connectivity index (χ3n) is 2.59. The number of hydrogen-bond acceptors (Lipinski definition) is 3. The van der Waals surface area contributed by atoms with Gasteiger partial charge >= 0.3 is 5.97 Å². The van der Waals surface area contributed by atoms with Crippen molar-refractivity contribution in [2.24, 2.45) is 0 Å². The number of amides is 2. The third kappa shape index (κ3) is 2.95.